The lowest BCUT2D eigenvalue weighted by Gasteiger charge is -2.14. The average Bonchev–Trinajstić information content (AvgIpc) is 3.40. The molecule has 0 saturated heterocycles. The first-order chi connectivity index (χ1) is 20.5. The third-order valence-corrected chi connectivity index (χ3v) is 7.42. The third-order valence-electron chi connectivity index (χ3n) is 6.59. The number of fused-ring (bicyclic) bond motifs is 1. The minimum atomic E-state index is -4.86. The van der Waals surface area contributed by atoms with E-state index in [1.54, 1.807) is 30.3 Å². The van der Waals surface area contributed by atoms with Crippen LogP contribution in [0.1, 0.15) is 16.8 Å². The summed E-state index contributed by atoms with van der Waals surface area (Å²) in [6.45, 7) is 1.63. The highest BCUT2D eigenvalue weighted by molar-refractivity contribution is 7.13. The zero-order valence-electron chi connectivity index (χ0n) is 22.9. The van der Waals surface area contributed by atoms with Gasteiger partial charge in [0.2, 0.25) is 0 Å². The standard InChI is InChI=1S/C31H24F3N3O5S/c1-19-10-12-22(42-18-28(39)41-14-6-9-20-7-4-3-5-8-20)16-23(19)29-24-15-21(11-13-25(24)43-35-29)37-27(38)17-26(31(32,33)34)36(2)30(37)40/h3-13,15-17H,14,18H2,1-2H3. The van der Waals surface area contributed by atoms with E-state index in [-0.39, 0.29) is 18.9 Å². The Morgan fingerprint density at radius 3 is 2.53 bits per heavy atom. The van der Waals surface area contributed by atoms with E-state index in [1.165, 1.54) is 23.7 Å². The van der Waals surface area contributed by atoms with Crippen LogP contribution in [-0.4, -0.2) is 32.7 Å². The first kappa shape index (κ1) is 29.5. The molecule has 5 rings (SSSR count). The van der Waals surface area contributed by atoms with Gasteiger partial charge in [-0.05, 0) is 66.0 Å². The number of benzene rings is 3. The summed E-state index contributed by atoms with van der Waals surface area (Å²) >= 11 is 1.18. The lowest BCUT2D eigenvalue weighted by molar-refractivity contribution is -0.145. The van der Waals surface area contributed by atoms with Crippen LogP contribution in [0.15, 0.2) is 88.5 Å². The molecule has 0 amide bonds. The van der Waals surface area contributed by atoms with Gasteiger partial charge in [-0.15, -0.1) is 0 Å². The van der Waals surface area contributed by atoms with E-state index >= 15 is 0 Å². The van der Waals surface area contributed by atoms with Crippen molar-refractivity contribution in [2.45, 2.75) is 13.1 Å². The molecule has 0 atom stereocenters. The Labute approximate surface area is 247 Å². The lowest BCUT2D eigenvalue weighted by atomic mass is 10.0. The molecule has 0 aliphatic rings. The number of nitrogens with zero attached hydrogens (tertiary/aromatic N) is 3. The number of aryl methyl sites for hydroxylation is 1. The van der Waals surface area contributed by atoms with Crippen LogP contribution in [0.4, 0.5) is 13.2 Å². The van der Waals surface area contributed by atoms with Crippen molar-refractivity contribution < 1.29 is 27.4 Å². The van der Waals surface area contributed by atoms with Crippen LogP contribution in [0.2, 0.25) is 0 Å². The summed E-state index contributed by atoms with van der Waals surface area (Å²) in [6.07, 6.45) is -1.29. The SMILES string of the molecule is Cc1ccc(OCC(=O)OCC=Cc2ccccc2)cc1-c1nsc2ccc(-n3c(=O)cc(C(F)(F)F)n(C)c3=O)cc12. The molecule has 2 aromatic heterocycles. The topological polar surface area (TPSA) is 92.4 Å². The average molecular weight is 608 g/mol. The van der Waals surface area contributed by atoms with Gasteiger partial charge in [0.05, 0.1) is 16.1 Å². The van der Waals surface area contributed by atoms with E-state index < -0.39 is 29.1 Å². The van der Waals surface area contributed by atoms with Gasteiger partial charge >= 0.3 is 17.8 Å². The van der Waals surface area contributed by atoms with Crippen molar-refractivity contribution >= 4 is 33.7 Å². The van der Waals surface area contributed by atoms with Gasteiger partial charge in [-0.2, -0.15) is 17.5 Å². The molecule has 0 radical (unpaired) electrons. The Morgan fingerprint density at radius 2 is 1.79 bits per heavy atom. The summed E-state index contributed by atoms with van der Waals surface area (Å²) in [5.74, 6) is -0.158. The summed E-state index contributed by atoms with van der Waals surface area (Å²) in [5, 5.41) is 0.584. The number of alkyl halides is 3. The van der Waals surface area contributed by atoms with Gasteiger partial charge in [0.1, 0.15) is 18.1 Å². The normalized spacial score (nSPS) is 11.7. The van der Waals surface area contributed by atoms with E-state index in [0.717, 1.165) is 22.9 Å². The van der Waals surface area contributed by atoms with Crippen LogP contribution >= 0.6 is 11.5 Å². The highest BCUT2D eigenvalue weighted by Crippen LogP contribution is 2.35. The highest BCUT2D eigenvalue weighted by atomic mass is 32.1. The minimum Gasteiger partial charge on any atom is -0.482 e. The number of carbonyl (C=O) groups excluding carboxylic acids is 1. The van der Waals surface area contributed by atoms with E-state index in [2.05, 4.69) is 4.37 Å². The quantitative estimate of drug-likeness (QED) is 0.208. The van der Waals surface area contributed by atoms with Crippen molar-refractivity contribution in [3.05, 3.63) is 117 Å². The molecule has 43 heavy (non-hydrogen) atoms. The number of esters is 1. The zero-order chi connectivity index (χ0) is 30.7. The molecule has 0 aliphatic heterocycles. The molecule has 0 N–H and O–H groups in total. The predicted octanol–water partition coefficient (Wildman–Crippen LogP) is 5.78. The lowest BCUT2D eigenvalue weighted by Crippen LogP contribution is -2.40. The number of halogens is 3. The molecule has 0 unspecified atom stereocenters. The van der Waals surface area contributed by atoms with Crippen LogP contribution in [0.3, 0.4) is 0 Å². The maximum absolute atomic E-state index is 13.3. The first-order valence-corrected chi connectivity index (χ1v) is 13.7. The maximum atomic E-state index is 13.3. The summed E-state index contributed by atoms with van der Waals surface area (Å²) in [5.41, 5.74) is -0.451. The Bertz CT molecular complexity index is 1960. The zero-order valence-corrected chi connectivity index (χ0v) is 23.7. The summed E-state index contributed by atoms with van der Waals surface area (Å²) in [6, 6.07) is 19.9. The molecule has 0 saturated carbocycles. The van der Waals surface area contributed by atoms with Gasteiger partial charge < -0.3 is 9.47 Å². The van der Waals surface area contributed by atoms with E-state index in [0.29, 0.717) is 37.6 Å². The fourth-order valence-electron chi connectivity index (χ4n) is 4.41. The van der Waals surface area contributed by atoms with Crippen molar-refractivity contribution in [2.75, 3.05) is 13.2 Å². The molecule has 0 spiro atoms. The van der Waals surface area contributed by atoms with Gasteiger partial charge in [0.25, 0.3) is 5.56 Å². The van der Waals surface area contributed by atoms with Gasteiger partial charge in [-0.1, -0.05) is 42.5 Å². The van der Waals surface area contributed by atoms with Crippen LogP contribution < -0.4 is 16.0 Å². The smallest absolute Gasteiger partial charge is 0.431 e. The highest BCUT2D eigenvalue weighted by Gasteiger charge is 2.35. The summed E-state index contributed by atoms with van der Waals surface area (Å²) in [7, 11) is 0.962. The fraction of sp³-hybridized carbons (Fsp3) is 0.161. The summed E-state index contributed by atoms with van der Waals surface area (Å²) in [4.78, 5) is 37.7. The fourth-order valence-corrected chi connectivity index (χ4v) is 5.18. The Kier molecular flexibility index (Phi) is 8.31. The third kappa shape index (κ3) is 6.44. The number of carbonyl (C=O) groups is 1. The van der Waals surface area contributed by atoms with E-state index in [1.807, 2.05) is 43.3 Å². The molecule has 3 aromatic carbocycles. The van der Waals surface area contributed by atoms with Crippen LogP contribution in [-0.2, 0) is 22.8 Å². The molecule has 0 aliphatic carbocycles. The van der Waals surface area contributed by atoms with Crippen molar-refractivity contribution in [3.63, 3.8) is 0 Å². The molecular weight excluding hydrogens is 583 g/mol. The second-order valence-electron chi connectivity index (χ2n) is 9.52. The number of hydrogen-bond donors (Lipinski definition) is 0. The first-order valence-electron chi connectivity index (χ1n) is 12.9. The van der Waals surface area contributed by atoms with Gasteiger partial charge in [0.15, 0.2) is 6.61 Å². The van der Waals surface area contributed by atoms with Gasteiger partial charge in [-0.3, -0.25) is 9.36 Å². The molecule has 5 aromatic rings. The van der Waals surface area contributed by atoms with Gasteiger partial charge in [0, 0.05) is 24.1 Å². The number of rotatable bonds is 8. The van der Waals surface area contributed by atoms with E-state index in [9.17, 15) is 27.6 Å². The van der Waals surface area contributed by atoms with Crippen molar-refractivity contribution in [3.8, 4) is 22.7 Å². The van der Waals surface area contributed by atoms with Crippen LogP contribution in [0.25, 0.3) is 33.1 Å². The maximum Gasteiger partial charge on any atom is 0.431 e. The molecule has 0 fully saturated rings. The minimum absolute atomic E-state index is 0.0918. The van der Waals surface area contributed by atoms with Gasteiger partial charge in [-0.25, -0.2) is 14.2 Å². The number of aromatic nitrogens is 3. The molecular formula is C31H24F3N3O5S. The number of hydrogen-bond acceptors (Lipinski definition) is 7. The molecule has 8 nitrogen and oxygen atoms in total. The van der Waals surface area contributed by atoms with Crippen molar-refractivity contribution in [2.24, 2.45) is 7.05 Å². The molecule has 220 valence electrons. The Balaban J connectivity index is 1.37. The number of ether oxygens (including phenoxy) is 2. The van der Waals surface area contributed by atoms with Crippen LogP contribution in [0.5, 0.6) is 5.75 Å². The molecule has 0 bridgehead atoms. The van der Waals surface area contributed by atoms with Crippen molar-refractivity contribution in [1.82, 2.24) is 13.5 Å². The second-order valence-corrected chi connectivity index (χ2v) is 10.3. The van der Waals surface area contributed by atoms with Crippen LogP contribution in [0, 0.1) is 6.92 Å². The van der Waals surface area contributed by atoms with Crippen molar-refractivity contribution in [1.29, 1.82) is 0 Å². The van der Waals surface area contributed by atoms with E-state index in [4.69, 9.17) is 9.47 Å². The largest absolute Gasteiger partial charge is 0.482 e. The molecule has 2 heterocycles. The second kappa shape index (κ2) is 12.1. The Morgan fingerprint density at radius 1 is 1.02 bits per heavy atom. The Hall–Kier alpha value is -4.97. The predicted molar refractivity (Wildman–Crippen MR) is 158 cm³/mol. The summed E-state index contributed by atoms with van der Waals surface area (Å²) < 4.78 is 57.1. The molecule has 12 heteroatoms. The monoisotopic (exact) mass is 607 g/mol.